The quantitative estimate of drug-likeness (QED) is 0.893. The third kappa shape index (κ3) is 3.05. The van der Waals surface area contributed by atoms with E-state index in [9.17, 15) is 4.79 Å². The van der Waals surface area contributed by atoms with Crippen LogP contribution in [0.15, 0.2) is 16.4 Å². The van der Waals surface area contributed by atoms with Gasteiger partial charge in [-0.2, -0.15) is 9.61 Å². The molecule has 0 unspecified atom stereocenters. The van der Waals surface area contributed by atoms with Crippen molar-refractivity contribution >= 4 is 16.3 Å². The minimum absolute atomic E-state index is 0.0958. The van der Waals surface area contributed by atoms with Crippen molar-refractivity contribution in [1.82, 2.24) is 24.8 Å². The van der Waals surface area contributed by atoms with Crippen LogP contribution in [0.1, 0.15) is 18.5 Å². The lowest BCUT2D eigenvalue weighted by molar-refractivity contribution is 0.232. The van der Waals surface area contributed by atoms with Gasteiger partial charge in [-0.3, -0.25) is 4.79 Å². The molecule has 1 saturated heterocycles. The number of hydrogen-bond acceptors (Lipinski definition) is 6. The van der Waals surface area contributed by atoms with Crippen LogP contribution in [-0.4, -0.2) is 46.2 Å². The Morgan fingerprint density at radius 2 is 2.30 bits per heavy atom. The standard InChI is InChI=1S/C13H19N5OS/c1-17(7-10-2-4-14-5-3-10)8-11-6-12(19)18-13(16-11)20-9-15-18/h6,9-10,14H,2-5,7-8H2,1H3. The Bertz CT molecular complexity index is 631. The summed E-state index contributed by atoms with van der Waals surface area (Å²) >= 11 is 1.39. The molecule has 0 saturated carbocycles. The molecule has 1 aliphatic rings. The van der Waals surface area contributed by atoms with Crippen LogP contribution in [0, 0.1) is 5.92 Å². The van der Waals surface area contributed by atoms with Crippen LogP contribution in [0.3, 0.4) is 0 Å². The molecule has 7 heteroatoms. The summed E-state index contributed by atoms with van der Waals surface area (Å²) in [6.45, 7) is 4.01. The van der Waals surface area contributed by atoms with E-state index in [1.54, 1.807) is 11.6 Å². The minimum Gasteiger partial charge on any atom is -0.317 e. The Hall–Kier alpha value is -1.31. The number of nitrogens with one attached hydrogen (secondary N) is 1. The summed E-state index contributed by atoms with van der Waals surface area (Å²) in [5.41, 5.74) is 2.38. The first-order valence-electron chi connectivity index (χ1n) is 6.94. The zero-order valence-corrected chi connectivity index (χ0v) is 12.4. The van der Waals surface area contributed by atoms with Gasteiger partial charge in [-0.05, 0) is 38.9 Å². The molecule has 0 bridgehead atoms. The highest BCUT2D eigenvalue weighted by atomic mass is 32.1. The van der Waals surface area contributed by atoms with Crippen LogP contribution in [0.2, 0.25) is 0 Å². The molecule has 0 aromatic carbocycles. The first-order chi connectivity index (χ1) is 9.72. The van der Waals surface area contributed by atoms with Gasteiger partial charge in [0, 0.05) is 19.2 Å². The highest BCUT2D eigenvalue weighted by Gasteiger charge is 2.15. The van der Waals surface area contributed by atoms with Gasteiger partial charge in [-0.15, -0.1) is 0 Å². The number of piperidine rings is 1. The monoisotopic (exact) mass is 293 g/mol. The van der Waals surface area contributed by atoms with E-state index in [1.807, 2.05) is 0 Å². The predicted octanol–water partition coefficient (Wildman–Crippen LogP) is 0.582. The second-order valence-electron chi connectivity index (χ2n) is 5.41. The van der Waals surface area contributed by atoms with Crippen molar-refractivity contribution in [2.24, 2.45) is 5.92 Å². The molecule has 0 spiro atoms. The molecule has 0 atom stereocenters. The van der Waals surface area contributed by atoms with E-state index in [4.69, 9.17) is 0 Å². The largest absolute Gasteiger partial charge is 0.317 e. The summed E-state index contributed by atoms with van der Waals surface area (Å²) in [6, 6.07) is 1.59. The van der Waals surface area contributed by atoms with Gasteiger partial charge in [0.15, 0.2) is 0 Å². The maximum Gasteiger partial charge on any atom is 0.275 e. The maximum atomic E-state index is 11.9. The predicted molar refractivity (Wildman–Crippen MR) is 79.1 cm³/mol. The van der Waals surface area contributed by atoms with Crippen molar-refractivity contribution in [1.29, 1.82) is 0 Å². The summed E-state index contributed by atoms with van der Waals surface area (Å²) < 4.78 is 1.35. The van der Waals surface area contributed by atoms with Gasteiger partial charge in [0.1, 0.15) is 5.51 Å². The molecule has 20 heavy (non-hydrogen) atoms. The van der Waals surface area contributed by atoms with Crippen molar-refractivity contribution < 1.29 is 0 Å². The molecule has 0 amide bonds. The average Bonchev–Trinajstić information content (AvgIpc) is 2.88. The second-order valence-corrected chi connectivity index (χ2v) is 6.22. The second kappa shape index (κ2) is 5.99. The molecule has 1 N–H and O–H groups in total. The van der Waals surface area contributed by atoms with E-state index in [0.717, 1.165) is 31.2 Å². The molecular formula is C13H19N5OS. The van der Waals surface area contributed by atoms with Gasteiger partial charge in [0.25, 0.3) is 5.56 Å². The lowest BCUT2D eigenvalue weighted by atomic mass is 9.98. The maximum absolute atomic E-state index is 11.9. The molecule has 1 fully saturated rings. The summed E-state index contributed by atoms with van der Waals surface area (Å²) in [7, 11) is 2.10. The summed E-state index contributed by atoms with van der Waals surface area (Å²) in [4.78, 5) is 19.3. The van der Waals surface area contributed by atoms with Gasteiger partial charge in [-0.25, -0.2) is 4.98 Å². The van der Waals surface area contributed by atoms with Gasteiger partial charge in [-0.1, -0.05) is 11.3 Å². The third-order valence-corrected chi connectivity index (χ3v) is 4.38. The van der Waals surface area contributed by atoms with Crippen LogP contribution < -0.4 is 10.9 Å². The molecule has 0 radical (unpaired) electrons. The molecule has 6 nitrogen and oxygen atoms in total. The fourth-order valence-electron chi connectivity index (χ4n) is 2.73. The number of hydrogen-bond donors (Lipinski definition) is 1. The SMILES string of the molecule is CN(Cc1cc(=O)n2ncsc2n1)CC1CCNCC1. The van der Waals surface area contributed by atoms with E-state index < -0.39 is 0 Å². The summed E-state index contributed by atoms with van der Waals surface area (Å²) in [5, 5.41) is 7.35. The minimum atomic E-state index is -0.0958. The van der Waals surface area contributed by atoms with Crippen molar-refractivity contribution in [2.75, 3.05) is 26.7 Å². The fraction of sp³-hybridized carbons (Fsp3) is 0.615. The number of rotatable bonds is 4. The molecule has 1 aliphatic heterocycles. The van der Waals surface area contributed by atoms with Crippen molar-refractivity contribution in [3.05, 3.63) is 27.6 Å². The normalized spacial score (nSPS) is 17.1. The number of nitrogens with zero attached hydrogens (tertiary/aromatic N) is 4. The zero-order valence-electron chi connectivity index (χ0n) is 11.6. The van der Waals surface area contributed by atoms with Crippen LogP contribution in [0.5, 0.6) is 0 Å². The highest BCUT2D eigenvalue weighted by molar-refractivity contribution is 7.14. The third-order valence-electron chi connectivity index (χ3n) is 3.70. The Balaban J connectivity index is 1.67. The highest BCUT2D eigenvalue weighted by Crippen LogP contribution is 2.14. The van der Waals surface area contributed by atoms with Gasteiger partial charge < -0.3 is 10.2 Å². The van der Waals surface area contributed by atoms with Crippen molar-refractivity contribution in [3.8, 4) is 0 Å². The molecule has 2 aromatic rings. The molecule has 108 valence electrons. The first kappa shape index (κ1) is 13.7. The Morgan fingerprint density at radius 1 is 1.50 bits per heavy atom. The molecule has 3 rings (SSSR count). The van der Waals surface area contributed by atoms with Gasteiger partial charge >= 0.3 is 0 Å². The Kier molecular flexibility index (Phi) is 4.09. The fourth-order valence-corrected chi connectivity index (χ4v) is 3.37. The van der Waals surface area contributed by atoms with Crippen molar-refractivity contribution in [3.63, 3.8) is 0 Å². The van der Waals surface area contributed by atoms with E-state index in [0.29, 0.717) is 11.5 Å². The van der Waals surface area contributed by atoms with Crippen molar-refractivity contribution in [2.45, 2.75) is 19.4 Å². The summed E-state index contributed by atoms with van der Waals surface area (Å²) in [6.07, 6.45) is 2.46. The van der Waals surface area contributed by atoms with E-state index in [1.165, 1.54) is 28.7 Å². The lowest BCUT2D eigenvalue weighted by Crippen LogP contribution is -2.34. The van der Waals surface area contributed by atoms with E-state index in [2.05, 4.69) is 27.3 Å². The van der Waals surface area contributed by atoms with E-state index >= 15 is 0 Å². The molecule has 0 aliphatic carbocycles. The van der Waals surface area contributed by atoms with Gasteiger partial charge in [0.2, 0.25) is 4.96 Å². The smallest absolute Gasteiger partial charge is 0.275 e. The van der Waals surface area contributed by atoms with Crippen LogP contribution >= 0.6 is 11.3 Å². The Morgan fingerprint density at radius 3 is 3.10 bits per heavy atom. The molecular weight excluding hydrogens is 274 g/mol. The van der Waals surface area contributed by atoms with Crippen LogP contribution in [0.4, 0.5) is 0 Å². The summed E-state index contributed by atoms with van der Waals surface area (Å²) in [5.74, 6) is 0.745. The number of fused-ring (bicyclic) bond motifs is 1. The van der Waals surface area contributed by atoms with Gasteiger partial charge in [0.05, 0.1) is 5.69 Å². The topological polar surface area (TPSA) is 62.5 Å². The molecule has 2 aromatic heterocycles. The van der Waals surface area contributed by atoms with Crippen LogP contribution in [-0.2, 0) is 6.54 Å². The number of aromatic nitrogens is 3. The van der Waals surface area contributed by atoms with E-state index in [-0.39, 0.29) is 5.56 Å². The lowest BCUT2D eigenvalue weighted by Gasteiger charge is -2.27. The average molecular weight is 293 g/mol. The zero-order chi connectivity index (χ0) is 13.9. The first-order valence-corrected chi connectivity index (χ1v) is 7.82. The van der Waals surface area contributed by atoms with Crippen LogP contribution in [0.25, 0.3) is 4.96 Å². The molecule has 3 heterocycles. The Labute approximate surface area is 121 Å².